The molecule has 0 aliphatic rings. The Balaban J connectivity index is 1.36. The molecule has 40 heavy (non-hydrogen) atoms. The lowest BCUT2D eigenvalue weighted by atomic mass is 10.1. The zero-order chi connectivity index (χ0) is 26.9. The van der Waals surface area contributed by atoms with Crippen molar-refractivity contribution in [3.8, 4) is 16.8 Å². The van der Waals surface area contributed by atoms with Crippen molar-refractivity contribution in [1.29, 1.82) is 0 Å². The summed E-state index contributed by atoms with van der Waals surface area (Å²) in [5.41, 5.74) is 16.6. The molecule has 0 radical (unpaired) electrons. The van der Waals surface area contributed by atoms with E-state index in [1.807, 2.05) is 36.4 Å². The Bertz CT molecular complexity index is 1970. The summed E-state index contributed by atoms with van der Waals surface area (Å²) in [5, 5.41) is 9.61. The molecule has 0 atom stereocenters. The van der Waals surface area contributed by atoms with E-state index < -0.39 is 0 Å². The SMILES string of the molecule is Nc1ccccc1Nc1ccccc1Nc1cccc2c1c1ccccc1n2-c1cccc(-c2ccccc2)c1. The number of fused-ring (bicyclic) bond motifs is 3. The van der Waals surface area contributed by atoms with Gasteiger partial charge in [-0.05, 0) is 65.7 Å². The third-order valence-corrected chi connectivity index (χ3v) is 7.34. The fourth-order valence-corrected chi connectivity index (χ4v) is 5.46. The first-order valence-corrected chi connectivity index (χ1v) is 13.4. The molecule has 7 rings (SSSR count). The summed E-state index contributed by atoms with van der Waals surface area (Å²) in [4.78, 5) is 0. The number of rotatable bonds is 6. The number of aromatic nitrogens is 1. The number of nitrogens with zero attached hydrogens (tertiary/aromatic N) is 1. The maximum atomic E-state index is 6.23. The summed E-state index contributed by atoms with van der Waals surface area (Å²) in [6.45, 7) is 0. The minimum atomic E-state index is 0.709. The third-order valence-electron chi connectivity index (χ3n) is 7.34. The Hall–Kier alpha value is -5.48. The Morgan fingerprint density at radius 3 is 1.82 bits per heavy atom. The van der Waals surface area contributed by atoms with Crippen molar-refractivity contribution in [3.05, 3.63) is 146 Å². The molecule has 1 aromatic heterocycles. The number of nitrogens with one attached hydrogen (secondary N) is 2. The van der Waals surface area contributed by atoms with Crippen LogP contribution in [0.5, 0.6) is 0 Å². The van der Waals surface area contributed by atoms with Crippen molar-refractivity contribution in [2.45, 2.75) is 0 Å². The molecule has 0 amide bonds. The number of para-hydroxylation sites is 5. The standard InChI is InChI=1S/C36H28N4/c37-29-17-5-6-18-30(29)38-31-19-7-8-20-32(31)39-33-21-11-23-35-36(33)28-16-4-9-22-34(28)40(35)27-15-10-14-26(24-27)25-12-2-1-3-13-25/h1-24,38-39H,37H2. The molecule has 7 aromatic rings. The lowest BCUT2D eigenvalue weighted by Gasteiger charge is -2.16. The highest BCUT2D eigenvalue weighted by atomic mass is 15.0. The third kappa shape index (κ3) is 4.22. The van der Waals surface area contributed by atoms with Gasteiger partial charge in [0.05, 0.1) is 33.8 Å². The van der Waals surface area contributed by atoms with Gasteiger partial charge >= 0.3 is 0 Å². The maximum absolute atomic E-state index is 6.23. The first kappa shape index (κ1) is 23.6. The summed E-state index contributed by atoms with van der Waals surface area (Å²) in [6, 6.07) is 50.4. The fourth-order valence-electron chi connectivity index (χ4n) is 5.46. The first-order chi connectivity index (χ1) is 19.8. The van der Waals surface area contributed by atoms with Crippen molar-refractivity contribution in [1.82, 2.24) is 4.57 Å². The molecule has 1 heterocycles. The Labute approximate surface area is 233 Å². The van der Waals surface area contributed by atoms with Crippen LogP contribution in [0.4, 0.5) is 28.4 Å². The van der Waals surface area contributed by atoms with Gasteiger partial charge in [-0.15, -0.1) is 0 Å². The van der Waals surface area contributed by atoms with E-state index in [0.717, 1.165) is 34.0 Å². The van der Waals surface area contributed by atoms with Crippen LogP contribution in [0.3, 0.4) is 0 Å². The Morgan fingerprint density at radius 1 is 0.450 bits per heavy atom. The molecular formula is C36H28N4. The Kier molecular flexibility index (Phi) is 5.91. The van der Waals surface area contributed by atoms with Gasteiger partial charge < -0.3 is 20.9 Å². The number of nitrogens with two attached hydrogens (primary N) is 1. The van der Waals surface area contributed by atoms with Gasteiger partial charge in [0.1, 0.15) is 0 Å². The second-order valence-corrected chi connectivity index (χ2v) is 9.85. The molecule has 192 valence electrons. The van der Waals surface area contributed by atoms with Crippen LogP contribution in [-0.2, 0) is 0 Å². The van der Waals surface area contributed by atoms with Gasteiger partial charge in [-0.2, -0.15) is 0 Å². The number of nitrogen functional groups attached to an aromatic ring is 1. The smallest absolute Gasteiger partial charge is 0.0624 e. The van der Waals surface area contributed by atoms with Crippen LogP contribution in [0, 0.1) is 0 Å². The minimum Gasteiger partial charge on any atom is -0.397 e. The average Bonchev–Trinajstić information content (AvgIpc) is 3.35. The molecule has 0 spiro atoms. The first-order valence-electron chi connectivity index (χ1n) is 13.4. The van der Waals surface area contributed by atoms with E-state index in [2.05, 4.69) is 124 Å². The molecule has 4 N–H and O–H groups in total. The van der Waals surface area contributed by atoms with Crippen molar-refractivity contribution in [2.24, 2.45) is 0 Å². The molecule has 6 aromatic carbocycles. The summed E-state index contributed by atoms with van der Waals surface area (Å²) in [6.07, 6.45) is 0. The number of anilines is 5. The van der Waals surface area contributed by atoms with Crippen LogP contribution in [0.25, 0.3) is 38.6 Å². The fraction of sp³-hybridized carbons (Fsp3) is 0. The minimum absolute atomic E-state index is 0.709. The largest absolute Gasteiger partial charge is 0.397 e. The highest BCUT2D eigenvalue weighted by Crippen LogP contribution is 2.39. The van der Waals surface area contributed by atoms with E-state index in [1.165, 1.54) is 27.4 Å². The van der Waals surface area contributed by atoms with Gasteiger partial charge in [-0.3, -0.25) is 0 Å². The van der Waals surface area contributed by atoms with Crippen LogP contribution >= 0.6 is 0 Å². The van der Waals surface area contributed by atoms with E-state index >= 15 is 0 Å². The highest BCUT2D eigenvalue weighted by Gasteiger charge is 2.16. The van der Waals surface area contributed by atoms with Gasteiger partial charge in [-0.1, -0.05) is 91.0 Å². The van der Waals surface area contributed by atoms with Crippen LogP contribution < -0.4 is 16.4 Å². The zero-order valence-corrected chi connectivity index (χ0v) is 21.9. The molecule has 0 fully saturated rings. The lowest BCUT2D eigenvalue weighted by Crippen LogP contribution is -2.00. The molecule has 0 saturated heterocycles. The van der Waals surface area contributed by atoms with E-state index in [-0.39, 0.29) is 0 Å². The van der Waals surface area contributed by atoms with Crippen molar-refractivity contribution in [2.75, 3.05) is 16.4 Å². The normalized spacial score (nSPS) is 11.1. The number of benzene rings is 6. The maximum Gasteiger partial charge on any atom is 0.0624 e. The van der Waals surface area contributed by atoms with E-state index in [0.29, 0.717) is 5.69 Å². The number of hydrogen-bond donors (Lipinski definition) is 3. The summed E-state index contributed by atoms with van der Waals surface area (Å²) in [7, 11) is 0. The van der Waals surface area contributed by atoms with Gasteiger partial charge in [0.25, 0.3) is 0 Å². The van der Waals surface area contributed by atoms with Gasteiger partial charge in [0, 0.05) is 22.1 Å². The predicted molar refractivity (Wildman–Crippen MR) is 170 cm³/mol. The molecule has 4 nitrogen and oxygen atoms in total. The zero-order valence-electron chi connectivity index (χ0n) is 21.9. The van der Waals surface area contributed by atoms with Crippen LogP contribution in [0.15, 0.2) is 146 Å². The highest BCUT2D eigenvalue weighted by molar-refractivity contribution is 6.15. The number of hydrogen-bond acceptors (Lipinski definition) is 3. The van der Waals surface area contributed by atoms with E-state index in [9.17, 15) is 0 Å². The lowest BCUT2D eigenvalue weighted by molar-refractivity contribution is 1.18. The molecule has 0 unspecified atom stereocenters. The van der Waals surface area contributed by atoms with Gasteiger partial charge in [0.2, 0.25) is 0 Å². The molecule has 0 aliphatic heterocycles. The van der Waals surface area contributed by atoms with E-state index in [4.69, 9.17) is 5.73 Å². The molecule has 0 saturated carbocycles. The van der Waals surface area contributed by atoms with Crippen molar-refractivity contribution in [3.63, 3.8) is 0 Å². The topological polar surface area (TPSA) is 55.0 Å². The molecule has 0 aliphatic carbocycles. The Morgan fingerprint density at radius 2 is 1.02 bits per heavy atom. The van der Waals surface area contributed by atoms with Crippen LogP contribution in [0.2, 0.25) is 0 Å². The van der Waals surface area contributed by atoms with Crippen molar-refractivity contribution < 1.29 is 0 Å². The molecular weight excluding hydrogens is 488 g/mol. The van der Waals surface area contributed by atoms with E-state index in [1.54, 1.807) is 0 Å². The van der Waals surface area contributed by atoms with Gasteiger partial charge in [-0.25, -0.2) is 0 Å². The second-order valence-electron chi connectivity index (χ2n) is 9.85. The molecule has 0 bridgehead atoms. The van der Waals surface area contributed by atoms with Crippen molar-refractivity contribution >= 4 is 50.2 Å². The van der Waals surface area contributed by atoms with Crippen LogP contribution in [0.1, 0.15) is 0 Å². The predicted octanol–water partition coefficient (Wildman–Crippen LogP) is 9.52. The summed E-state index contributed by atoms with van der Waals surface area (Å²) in [5.74, 6) is 0. The monoisotopic (exact) mass is 516 g/mol. The van der Waals surface area contributed by atoms with Gasteiger partial charge in [0.15, 0.2) is 0 Å². The summed E-state index contributed by atoms with van der Waals surface area (Å²) < 4.78 is 2.36. The average molecular weight is 517 g/mol. The quantitative estimate of drug-likeness (QED) is 0.193. The molecule has 4 heteroatoms. The van der Waals surface area contributed by atoms with Crippen LogP contribution in [-0.4, -0.2) is 4.57 Å². The second kappa shape index (κ2) is 10.0. The summed E-state index contributed by atoms with van der Waals surface area (Å²) >= 11 is 0.